The van der Waals surface area contributed by atoms with Crippen LogP contribution >= 0.6 is 0 Å². The van der Waals surface area contributed by atoms with Crippen LogP contribution in [0.5, 0.6) is 0 Å². The maximum Gasteiger partial charge on any atom is 0.354 e. The molecule has 2 N–H and O–H groups in total. The molecule has 0 atom stereocenters. The lowest BCUT2D eigenvalue weighted by molar-refractivity contribution is 0.0690. The van der Waals surface area contributed by atoms with Gasteiger partial charge in [0.1, 0.15) is 5.69 Å². The lowest BCUT2D eigenvalue weighted by Crippen LogP contribution is -2.08. The third kappa shape index (κ3) is 3.27. The maximum atomic E-state index is 10.7. The average molecular weight is 247 g/mol. The second-order valence-electron chi connectivity index (χ2n) is 3.68. The first-order valence-corrected chi connectivity index (χ1v) is 5.53. The lowest BCUT2D eigenvalue weighted by atomic mass is 10.3. The highest BCUT2D eigenvalue weighted by Gasteiger charge is 2.04. The molecule has 2 aromatic rings. The molecule has 0 saturated carbocycles. The number of aromatic carboxylic acids is 1. The predicted octanol–water partition coefficient (Wildman–Crippen LogP) is 0.873. The van der Waals surface area contributed by atoms with Gasteiger partial charge >= 0.3 is 5.97 Å². The molecule has 0 amide bonds. The second-order valence-corrected chi connectivity index (χ2v) is 3.68. The average Bonchev–Trinajstić information content (AvgIpc) is 2.88. The van der Waals surface area contributed by atoms with Crippen LogP contribution in [0.1, 0.15) is 16.9 Å². The highest BCUT2D eigenvalue weighted by molar-refractivity contribution is 5.86. The Labute approximate surface area is 103 Å². The summed E-state index contributed by atoms with van der Waals surface area (Å²) in [5, 5.41) is 19.5. The molecule has 7 nitrogen and oxygen atoms in total. The summed E-state index contributed by atoms with van der Waals surface area (Å²) in [4.78, 5) is 14.5. The fraction of sp³-hybridized carbons (Fsp3) is 0.273. The third-order valence-corrected chi connectivity index (χ3v) is 2.34. The van der Waals surface area contributed by atoms with E-state index in [1.807, 2.05) is 0 Å². The Morgan fingerprint density at radius 2 is 2.33 bits per heavy atom. The number of carbonyl (C=O) groups is 1. The number of carboxylic acid groups (broad SMARTS) is 1. The molecule has 0 aromatic carbocycles. The molecule has 2 rings (SSSR count). The SMILES string of the molecule is O=C(O)c1cc(NCCCn2ccnn2)ccn1. The molecule has 0 aliphatic rings. The number of anilines is 1. The van der Waals surface area contributed by atoms with Crippen LogP contribution in [0.4, 0.5) is 5.69 Å². The topological polar surface area (TPSA) is 92.9 Å². The van der Waals surface area contributed by atoms with Crippen molar-refractivity contribution in [2.24, 2.45) is 0 Å². The van der Waals surface area contributed by atoms with E-state index in [0.717, 1.165) is 25.2 Å². The Bertz CT molecular complexity index is 512. The Kier molecular flexibility index (Phi) is 3.85. The largest absolute Gasteiger partial charge is 0.477 e. The minimum Gasteiger partial charge on any atom is -0.477 e. The Morgan fingerprint density at radius 3 is 3.06 bits per heavy atom. The van der Waals surface area contributed by atoms with Gasteiger partial charge in [-0.1, -0.05) is 5.21 Å². The smallest absolute Gasteiger partial charge is 0.354 e. The van der Waals surface area contributed by atoms with Gasteiger partial charge in [0.05, 0.1) is 6.20 Å². The van der Waals surface area contributed by atoms with E-state index in [9.17, 15) is 4.79 Å². The summed E-state index contributed by atoms with van der Waals surface area (Å²) in [7, 11) is 0. The van der Waals surface area contributed by atoms with E-state index in [-0.39, 0.29) is 5.69 Å². The molecule has 7 heteroatoms. The van der Waals surface area contributed by atoms with Crippen molar-refractivity contribution in [2.45, 2.75) is 13.0 Å². The summed E-state index contributed by atoms with van der Waals surface area (Å²) in [5.74, 6) is -1.03. The molecule has 2 heterocycles. The number of nitrogens with one attached hydrogen (secondary N) is 1. The van der Waals surface area contributed by atoms with E-state index in [1.54, 1.807) is 23.1 Å². The van der Waals surface area contributed by atoms with Gasteiger partial charge in [0.15, 0.2) is 0 Å². The minimum atomic E-state index is -1.03. The van der Waals surface area contributed by atoms with Crippen LogP contribution in [-0.2, 0) is 6.54 Å². The van der Waals surface area contributed by atoms with E-state index >= 15 is 0 Å². The van der Waals surface area contributed by atoms with Crippen molar-refractivity contribution in [1.29, 1.82) is 0 Å². The summed E-state index contributed by atoms with van der Waals surface area (Å²) in [6.07, 6.45) is 5.78. The van der Waals surface area contributed by atoms with Gasteiger partial charge in [-0.3, -0.25) is 4.68 Å². The summed E-state index contributed by atoms with van der Waals surface area (Å²) >= 11 is 0. The summed E-state index contributed by atoms with van der Waals surface area (Å²) in [6, 6.07) is 3.25. The molecule has 0 saturated heterocycles. The summed E-state index contributed by atoms with van der Waals surface area (Å²) in [6.45, 7) is 1.49. The molecule has 0 aliphatic carbocycles. The van der Waals surface area contributed by atoms with Gasteiger partial charge in [0, 0.05) is 31.2 Å². The fourth-order valence-corrected chi connectivity index (χ4v) is 1.48. The molecule has 0 radical (unpaired) electrons. The highest BCUT2D eigenvalue weighted by Crippen LogP contribution is 2.07. The molecule has 2 aromatic heterocycles. The first-order chi connectivity index (χ1) is 8.75. The molecule has 0 fully saturated rings. The van der Waals surface area contributed by atoms with Gasteiger partial charge in [-0.25, -0.2) is 9.78 Å². The zero-order valence-electron chi connectivity index (χ0n) is 9.65. The monoisotopic (exact) mass is 247 g/mol. The van der Waals surface area contributed by atoms with Gasteiger partial charge in [-0.05, 0) is 18.6 Å². The number of nitrogens with zero attached hydrogens (tertiary/aromatic N) is 4. The Morgan fingerprint density at radius 1 is 1.44 bits per heavy atom. The van der Waals surface area contributed by atoms with E-state index in [0.29, 0.717) is 0 Å². The molecule has 0 unspecified atom stereocenters. The quantitative estimate of drug-likeness (QED) is 0.736. The molecule has 18 heavy (non-hydrogen) atoms. The standard InChI is InChI=1S/C11H13N5O2/c17-11(18)10-8-9(2-4-13-10)12-3-1-6-16-7-5-14-15-16/h2,4-5,7-8H,1,3,6H2,(H,12,13)(H,17,18). The van der Waals surface area contributed by atoms with Crippen molar-refractivity contribution < 1.29 is 9.90 Å². The number of carboxylic acids is 1. The highest BCUT2D eigenvalue weighted by atomic mass is 16.4. The van der Waals surface area contributed by atoms with Crippen LogP contribution in [0.3, 0.4) is 0 Å². The Hall–Kier alpha value is -2.44. The normalized spacial score (nSPS) is 10.2. The van der Waals surface area contributed by atoms with Gasteiger partial charge in [0.25, 0.3) is 0 Å². The van der Waals surface area contributed by atoms with Gasteiger partial charge in [-0.2, -0.15) is 0 Å². The van der Waals surface area contributed by atoms with Crippen LogP contribution in [0.2, 0.25) is 0 Å². The third-order valence-electron chi connectivity index (χ3n) is 2.34. The van der Waals surface area contributed by atoms with Crippen molar-refractivity contribution >= 4 is 11.7 Å². The number of rotatable bonds is 6. The van der Waals surface area contributed by atoms with Crippen LogP contribution in [0.25, 0.3) is 0 Å². The van der Waals surface area contributed by atoms with Crippen molar-refractivity contribution in [3.8, 4) is 0 Å². The fourth-order valence-electron chi connectivity index (χ4n) is 1.48. The number of pyridine rings is 1. The number of aryl methyl sites for hydroxylation is 1. The van der Waals surface area contributed by atoms with Gasteiger partial charge < -0.3 is 10.4 Å². The van der Waals surface area contributed by atoms with Crippen LogP contribution in [0.15, 0.2) is 30.7 Å². The minimum absolute atomic E-state index is 0.0382. The lowest BCUT2D eigenvalue weighted by Gasteiger charge is -2.06. The Balaban J connectivity index is 1.79. The van der Waals surface area contributed by atoms with Gasteiger partial charge in [0.2, 0.25) is 0 Å². The number of hydrogen-bond donors (Lipinski definition) is 2. The second kappa shape index (κ2) is 5.76. The summed E-state index contributed by atoms with van der Waals surface area (Å²) < 4.78 is 1.75. The number of hydrogen-bond acceptors (Lipinski definition) is 5. The van der Waals surface area contributed by atoms with Crippen LogP contribution in [-0.4, -0.2) is 37.6 Å². The first kappa shape index (κ1) is 12.0. The zero-order chi connectivity index (χ0) is 12.8. The molecular formula is C11H13N5O2. The molecule has 0 spiro atoms. The first-order valence-electron chi connectivity index (χ1n) is 5.53. The van der Waals surface area contributed by atoms with E-state index < -0.39 is 5.97 Å². The van der Waals surface area contributed by atoms with Gasteiger partial charge in [-0.15, -0.1) is 5.10 Å². The van der Waals surface area contributed by atoms with E-state index in [4.69, 9.17) is 5.11 Å². The van der Waals surface area contributed by atoms with Crippen molar-refractivity contribution in [3.05, 3.63) is 36.4 Å². The molecule has 0 bridgehead atoms. The van der Waals surface area contributed by atoms with Crippen molar-refractivity contribution in [3.63, 3.8) is 0 Å². The maximum absolute atomic E-state index is 10.7. The van der Waals surface area contributed by atoms with Crippen molar-refractivity contribution in [1.82, 2.24) is 20.0 Å². The van der Waals surface area contributed by atoms with Crippen molar-refractivity contribution in [2.75, 3.05) is 11.9 Å². The van der Waals surface area contributed by atoms with E-state index in [1.165, 1.54) is 12.3 Å². The predicted molar refractivity (Wildman–Crippen MR) is 64.3 cm³/mol. The molecule has 0 aliphatic heterocycles. The van der Waals surface area contributed by atoms with Crippen LogP contribution in [0, 0.1) is 0 Å². The van der Waals surface area contributed by atoms with Crippen LogP contribution < -0.4 is 5.32 Å². The van der Waals surface area contributed by atoms with E-state index in [2.05, 4.69) is 20.6 Å². The number of aromatic nitrogens is 4. The summed E-state index contributed by atoms with van der Waals surface area (Å²) in [5.41, 5.74) is 0.789. The molecule has 94 valence electrons. The molecular weight excluding hydrogens is 234 g/mol. The zero-order valence-corrected chi connectivity index (χ0v) is 9.65.